The van der Waals surface area contributed by atoms with E-state index in [1.165, 1.54) is 225 Å². The number of phosphoric ester groups is 2. The van der Waals surface area contributed by atoms with Gasteiger partial charge in [0.05, 0.1) is 26.4 Å². The predicted molar refractivity (Wildman–Crippen MR) is 395 cm³/mol. The number of carbonyl (C=O) groups excluding carboxylic acids is 4. The highest BCUT2D eigenvalue weighted by atomic mass is 31.2. The first-order valence-corrected chi connectivity index (χ1v) is 43.5. The molecule has 19 heteroatoms. The summed E-state index contributed by atoms with van der Waals surface area (Å²) in [4.78, 5) is 72.9. The van der Waals surface area contributed by atoms with E-state index in [1.807, 2.05) is 0 Å². The van der Waals surface area contributed by atoms with Crippen molar-refractivity contribution in [2.45, 2.75) is 426 Å². The zero-order valence-corrected chi connectivity index (χ0v) is 65.2. The fraction of sp³-hybridized carbons (Fsp3) is 0.949. The van der Waals surface area contributed by atoms with E-state index in [0.29, 0.717) is 25.7 Å². The number of esters is 4. The van der Waals surface area contributed by atoms with E-state index in [0.717, 1.165) is 102 Å². The lowest BCUT2D eigenvalue weighted by Crippen LogP contribution is -2.30. The molecule has 0 aromatic carbocycles. The van der Waals surface area contributed by atoms with Gasteiger partial charge in [0.2, 0.25) is 0 Å². The molecule has 2 unspecified atom stereocenters. The summed E-state index contributed by atoms with van der Waals surface area (Å²) in [5, 5.41) is 10.6. The van der Waals surface area contributed by atoms with Crippen LogP contribution in [0.1, 0.15) is 408 Å². The zero-order valence-electron chi connectivity index (χ0n) is 63.4. The molecule has 3 N–H and O–H groups in total. The maximum Gasteiger partial charge on any atom is 0.472 e. The van der Waals surface area contributed by atoms with Crippen LogP contribution in [-0.4, -0.2) is 96.7 Å². The molecule has 0 aliphatic heterocycles. The highest BCUT2D eigenvalue weighted by Gasteiger charge is 2.30. The Morgan fingerprint density at radius 1 is 0.278 bits per heavy atom. The molecule has 0 aliphatic carbocycles. The second-order valence-electron chi connectivity index (χ2n) is 29.1. The normalized spacial score (nSPS) is 14.0. The van der Waals surface area contributed by atoms with Crippen molar-refractivity contribution in [3.63, 3.8) is 0 Å². The monoisotopic (exact) mass is 1420 g/mol. The summed E-state index contributed by atoms with van der Waals surface area (Å²) in [5.74, 6) is -0.601. The van der Waals surface area contributed by atoms with Gasteiger partial charge < -0.3 is 33.8 Å². The Balaban J connectivity index is 5.25. The molecule has 0 fully saturated rings. The summed E-state index contributed by atoms with van der Waals surface area (Å²) < 4.78 is 68.6. The first kappa shape index (κ1) is 95.1. The third kappa shape index (κ3) is 72.2. The summed E-state index contributed by atoms with van der Waals surface area (Å²) >= 11 is 0. The molecule has 0 aromatic heterocycles. The molecule has 17 nitrogen and oxygen atoms in total. The van der Waals surface area contributed by atoms with Crippen molar-refractivity contribution in [1.82, 2.24) is 0 Å². The van der Waals surface area contributed by atoms with Crippen LogP contribution < -0.4 is 0 Å². The highest BCUT2D eigenvalue weighted by Crippen LogP contribution is 2.45. The second-order valence-corrected chi connectivity index (χ2v) is 32.0. The number of phosphoric acid groups is 2. The van der Waals surface area contributed by atoms with Gasteiger partial charge in [-0.05, 0) is 37.5 Å². The maximum absolute atomic E-state index is 13.1. The molecule has 0 aliphatic rings. The van der Waals surface area contributed by atoms with Crippen molar-refractivity contribution >= 4 is 39.5 Å². The summed E-state index contributed by atoms with van der Waals surface area (Å²) in [6.07, 6.45) is 58.2. The van der Waals surface area contributed by atoms with E-state index < -0.39 is 97.5 Å². The maximum atomic E-state index is 13.1. The van der Waals surface area contributed by atoms with Crippen LogP contribution >= 0.6 is 15.6 Å². The smallest absolute Gasteiger partial charge is 0.462 e. The Bertz CT molecular complexity index is 1870. The fourth-order valence-corrected chi connectivity index (χ4v) is 13.6. The van der Waals surface area contributed by atoms with Crippen molar-refractivity contribution in [1.29, 1.82) is 0 Å². The summed E-state index contributed by atoms with van der Waals surface area (Å²) in [6, 6.07) is 0. The van der Waals surface area contributed by atoms with Crippen molar-refractivity contribution in [3.05, 3.63) is 0 Å². The van der Waals surface area contributed by atoms with Crippen LogP contribution in [0.25, 0.3) is 0 Å². The van der Waals surface area contributed by atoms with Gasteiger partial charge in [0.25, 0.3) is 0 Å². The number of unbranched alkanes of at least 4 members (excludes halogenated alkanes) is 47. The first-order chi connectivity index (χ1) is 46.9. The molecule has 5 atom stereocenters. The molecule has 0 heterocycles. The van der Waals surface area contributed by atoms with E-state index in [-0.39, 0.29) is 25.7 Å². The molecule has 0 spiro atoms. The highest BCUT2D eigenvalue weighted by molar-refractivity contribution is 7.47. The SMILES string of the molecule is CCCCCCCCCCCCCCCCCCCCC(=O)O[C@H](COC(=O)CCCCCCCCCCCCC(C)C)COP(=O)(O)OC[C@@H](O)COP(=O)(O)OC[C@@H](COC(=O)CCCCCCCCCCCCCCC)OC(=O)CCCCCCCCCCCCC(C)C. The van der Waals surface area contributed by atoms with Gasteiger partial charge in [0.1, 0.15) is 19.3 Å². The average Bonchev–Trinajstić information content (AvgIpc) is 1.02. The fourth-order valence-electron chi connectivity index (χ4n) is 12.0. The van der Waals surface area contributed by atoms with E-state index in [4.69, 9.17) is 37.0 Å². The van der Waals surface area contributed by atoms with Gasteiger partial charge in [-0.1, -0.05) is 356 Å². The number of rotatable bonds is 77. The number of hydrogen-bond donors (Lipinski definition) is 3. The lowest BCUT2D eigenvalue weighted by Gasteiger charge is -2.21. The predicted octanol–water partition coefficient (Wildman–Crippen LogP) is 23.1. The lowest BCUT2D eigenvalue weighted by molar-refractivity contribution is -0.161. The van der Waals surface area contributed by atoms with Gasteiger partial charge in [-0.15, -0.1) is 0 Å². The molecule has 97 heavy (non-hydrogen) atoms. The quantitative estimate of drug-likeness (QED) is 0.0222. The molecule has 0 saturated heterocycles. The number of aliphatic hydroxyl groups is 1. The van der Waals surface area contributed by atoms with Gasteiger partial charge >= 0.3 is 39.5 Å². The minimum Gasteiger partial charge on any atom is -0.462 e. The van der Waals surface area contributed by atoms with Crippen LogP contribution in [0.2, 0.25) is 0 Å². The molecule has 0 saturated carbocycles. The van der Waals surface area contributed by atoms with Crippen LogP contribution in [0.5, 0.6) is 0 Å². The van der Waals surface area contributed by atoms with Crippen LogP contribution in [0.3, 0.4) is 0 Å². The molecule has 0 radical (unpaired) electrons. The molecular weight excluding hydrogens is 1270 g/mol. The molecule has 0 amide bonds. The van der Waals surface area contributed by atoms with Gasteiger partial charge in [-0.25, -0.2) is 9.13 Å². The number of ether oxygens (including phenoxy) is 4. The van der Waals surface area contributed by atoms with Gasteiger partial charge in [0.15, 0.2) is 12.2 Å². The van der Waals surface area contributed by atoms with Crippen molar-refractivity contribution in [3.8, 4) is 0 Å². The van der Waals surface area contributed by atoms with Crippen LogP contribution in [0.15, 0.2) is 0 Å². The summed E-state index contributed by atoms with van der Waals surface area (Å²) in [6.45, 7) is 9.60. The lowest BCUT2D eigenvalue weighted by atomic mass is 10.0. The Morgan fingerprint density at radius 2 is 0.474 bits per heavy atom. The van der Waals surface area contributed by atoms with E-state index in [9.17, 15) is 43.2 Å². The van der Waals surface area contributed by atoms with Gasteiger partial charge in [-0.2, -0.15) is 0 Å². The average molecular weight is 1420 g/mol. The first-order valence-electron chi connectivity index (χ1n) is 40.5. The zero-order chi connectivity index (χ0) is 71.4. The van der Waals surface area contributed by atoms with Crippen LogP contribution in [0, 0.1) is 11.8 Å². The van der Waals surface area contributed by atoms with E-state index >= 15 is 0 Å². The molecule has 0 rings (SSSR count). The third-order valence-electron chi connectivity index (χ3n) is 18.2. The Kier molecular flexibility index (Phi) is 68.4. The third-order valence-corrected chi connectivity index (χ3v) is 20.1. The molecule has 576 valence electrons. The number of carbonyl (C=O) groups is 4. The minimum atomic E-state index is -4.96. The molecular formula is C78H152O17P2. The van der Waals surface area contributed by atoms with Crippen LogP contribution in [0.4, 0.5) is 0 Å². The van der Waals surface area contributed by atoms with Crippen molar-refractivity contribution in [2.24, 2.45) is 11.8 Å². The summed E-state index contributed by atoms with van der Waals surface area (Å²) in [7, 11) is -9.92. The van der Waals surface area contributed by atoms with Gasteiger partial charge in [-0.3, -0.25) is 37.3 Å². The second kappa shape index (κ2) is 69.8. The summed E-state index contributed by atoms with van der Waals surface area (Å²) in [5.41, 5.74) is 0. The Labute approximate surface area is 594 Å². The van der Waals surface area contributed by atoms with Crippen LogP contribution in [-0.2, 0) is 65.4 Å². The Hall–Kier alpha value is -1.94. The topological polar surface area (TPSA) is 237 Å². The number of aliphatic hydroxyl groups excluding tert-OH is 1. The largest absolute Gasteiger partial charge is 0.472 e. The van der Waals surface area contributed by atoms with Crippen molar-refractivity contribution < 1.29 is 80.2 Å². The minimum absolute atomic E-state index is 0.106. The molecule has 0 aromatic rings. The van der Waals surface area contributed by atoms with E-state index in [2.05, 4.69) is 41.5 Å². The Morgan fingerprint density at radius 3 is 0.701 bits per heavy atom. The van der Waals surface area contributed by atoms with Crippen molar-refractivity contribution in [2.75, 3.05) is 39.6 Å². The standard InChI is InChI=1S/C78H152O17P2/c1-7-9-11-13-15-17-19-21-22-23-24-25-27-29-38-44-50-56-62-77(82)94-73(67-89-76(81)61-55-49-43-37-32-30-34-40-46-52-58-70(3)4)68-92-96(84,85)90-64-72(79)65-91-97(86,87)93-69-74(95-78(83)63-57-51-45-39-33-31-35-41-47-53-59-71(5)6)66-88-75(80)60-54-48-42-36-28-26-20-18-16-14-12-10-8-2/h70-74,79H,7-69H2,1-6H3,(H,84,85)(H,86,87)/t72-,73-,74-/m1/s1. The van der Waals surface area contributed by atoms with Gasteiger partial charge in [0, 0.05) is 25.7 Å². The van der Waals surface area contributed by atoms with E-state index in [1.54, 1.807) is 0 Å². The number of hydrogen-bond acceptors (Lipinski definition) is 15. The molecule has 0 bridgehead atoms.